The molecule has 20 heavy (non-hydrogen) atoms. The van der Waals surface area contributed by atoms with Gasteiger partial charge in [0.25, 0.3) is 0 Å². The van der Waals surface area contributed by atoms with E-state index in [1.54, 1.807) is 0 Å². The van der Waals surface area contributed by atoms with E-state index in [1.165, 1.54) is 24.3 Å². The highest BCUT2D eigenvalue weighted by molar-refractivity contribution is 7.09. The lowest BCUT2D eigenvalue weighted by molar-refractivity contribution is 0.147. The molecular weight excluding hydrogens is 264 g/mol. The van der Waals surface area contributed by atoms with E-state index in [-0.39, 0.29) is 0 Å². The standard InChI is InChI=1S/C17H32N2S/c1-6-10-17(5,13-18-15(3)4)14-19(7-2)12-16-9-8-11-20-16/h8-9,11,15,18H,6-7,10,12-14H2,1-5H3. The Morgan fingerprint density at radius 3 is 2.60 bits per heavy atom. The van der Waals surface area contributed by atoms with Crippen molar-refractivity contribution in [1.29, 1.82) is 0 Å². The quantitative estimate of drug-likeness (QED) is 0.689. The lowest BCUT2D eigenvalue weighted by Crippen LogP contribution is -2.43. The summed E-state index contributed by atoms with van der Waals surface area (Å²) < 4.78 is 0. The molecule has 0 saturated heterocycles. The number of nitrogens with one attached hydrogen (secondary N) is 1. The van der Waals surface area contributed by atoms with Crippen LogP contribution in [0.3, 0.4) is 0 Å². The Kier molecular flexibility index (Phi) is 7.78. The molecule has 1 aromatic rings. The monoisotopic (exact) mass is 296 g/mol. The molecule has 0 aliphatic heterocycles. The summed E-state index contributed by atoms with van der Waals surface area (Å²) in [5.74, 6) is 0. The smallest absolute Gasteiger partial charge is 0.0328 e. The SMILES string of the molecule is CCCC(C)(CNC(C)C)CN(CC)Cc1cccs1. The first-order valence-electron chi connectivity index (χ1n) is 7.97. The van der Waals surface area contributed by atoms with Gasteiger partial charge in [0.2, 0.25) is 0 Å². The Labute approximate surface area is 129 Å². The largest absolute Gasteiger partial charge is 0.314 e. The zero-order chi connectivity index (χ0) is 15.0. The Hall–Kier alpha value is -0.380. The van der Waals surface area contributed by atoms with E-state index >= 15 is 0 Å². The molecule has 116 valence electrons. The Morgan fingerprint density at radius 2 is 2.10 bits per heavy atom. The number of hydrogen-bond donors (Lipinski definition) is 1. The van der Waals surface area contributed by atoms with Gasteiger partial charge in [-0.2, -0.15) is 0 Å². The molecule has 2 nitrogen and oxygen atoms in total. The van der Waals surface area contributed by atoms with Crippen molar-refractivity contribution in [2.75, 3.05) is 19.6 Å². The zero-order valence-corrected chi connectivity index (χ0v) is 14.7. The molecule has 0 radical (unpaired) electrons. The summed E-state index contributed by atoms with van der Waals surface area (Å²) in [6, 6.07) is 4.97. The first-order valence-corrected chi connectivity index (χ1v) is 8.85. The van der Waals surface area contributed by atoms with Crippen LogP contribution in [0.25, 0.3) is 0 Å². The second-order valence-corrected chi connectivity index (χ2v) is 7.51. The van der Waals surface area contributed by atoms with Gasteiger partial charge in [-0.1, -0.05) is 47.1 Å². The maximum Gasteiger partial charge on any atom is 0.0328 e. The molecular formula is C17H32N2S. The minimum absolute atomic E-state index is 0.367. The molecule has 0 saturated carbocycles. The van der Waals surface area contributed by atoms with Crippen molar-refractivity contribution in [1.82, 2.24) is 10.2 Å². The van der Waals surface area contributed by atoms with Crippen LogP contribution in [0.15, 0.2) is 17.5 Å². The summed E-state index contributed by atoms with van der Waals surface area (Å²) in [7, 11) is 0. The molecule has 0 spiro atoms. The van der Waals surface area contributed by atoms with Crippen LogP contribution in [-0.2, 0) is 6.54 Å². The summed E-state index contributed by atoms with van der Waals surface area (Å²) in [5, 5.41) is 5.81. The molecule has 0 aromatic carbocycles. The van der Waals surface area contributed by atoms with E-state index in [1.807, 2.05) is 11.3 Å². The molecule has 1 rings (SSSR count). The van der Waals surface area contributed by atoms with Crippen LogP contribution < -0.4 is 5.32 Å². The molecule has 0 fully saturated rings. The van der Waals surface area contributed by atoms with Crippen molar-refractivity contribution in [3.63, 3.8) is 0 Å². The van der Waals surface area contributed by atoms with Gasteiger partial charge in [-0.3, -0.25) is 4.90 Å². The third-order valence-electron chi connectivity index (χ3n) is 3.80. The van der Waals surface area contributed by atoms with E-state index in [2.05, 4.69) is 62.3 Å². The van der Waals surface area contributed by atoms with Gasteiger partial charge in [0.1, 0.15) is 0 Å². The third kappa shape index (κ3) is 6.38. The van der Waals surface area contributed by atoms with Crippen molar-refractivity contribution in [3.8, 4) is 0 Å². The van der Waals surface area contributed by atoms with E-state index in [0.29, 0.717) is 11.5 Å². The Bertz CT molecular complexity index is 348. The molecule has 1 heterocycles. The van der Waals surface area contributed by atoms with Gasteiger partial charge in [-0.05, 0) is 29.8 Å². The van der Waals surface area contributed by atoms with Gasteiger partial charge in [0.05, 0.1) is 0 Å². The van der Waals surface area contributed by atoms with Crippen molar-refractivity contribution in [2.45, 2.75) is 60.0 Å². The van der Waals surface area contributed by atoms with Gasteiger partial charge in [0.15, 0.2) is 0 Å². The van der Waals surface area contributed by atoms with Crippen LogP contribution in [-0.4, -0.2) is 30.6 Å². The average molecular weight is 297 g/mol. The van der Waals surface area contributed by atoms with Gasteiger partial charge in [-0.15, -0.1) is 11.3 Å². The highest BCUT2D eigenvalue weighted by Gasteiger charge is 2.26. The fourth-order valence-electron chi connectivity index (χ4n) is 2.72. The van der Waals surface area contributed by atoms with Crippen LogP contribution in [0.5, 0.6) is 0 Å². The Morgan fingerprint density at radius 1 is 1.35 bits per heavy atom. The molecule has 0 aliphatic carbocycles. The van der Waals surface area contributed by atoms with Crippen LogP contribution in [0.2, 0.25) is 0 Å². The molecule has 1 N–H and O–H groups in total. The predicted molar refractivity (Wildman–Crippen MR) is 91.4 cm³/mol. The van der Waals surface area contributed by atoms with Gasteiger partial charge >= 0.3 is 0 Å². The molecule has 0 bridgehead atoms. The predicted octanol–water partition coefficient (Wildman–Crippen LogP) is 4.37. The highest BCUT2D eigenvalue weighted by Crippen LogP contribution is 2.25. The van der Waals surface area contributed by atoms with E-state index in [0.717, 1.165) is 19.6 Å². The summed E-state index contributed by atoms with van der Waals surface area (Å²) in [6.45, 7) is 16.0. The normalized spacial score (nSPS) is 14.9. The zero-order valence-electron chi connectivity index (χ0n) is 13.9. The second-order valence-electron chi connectivity index (χ2n) is 6.48. The highest BCUT2D eigenvalue weighted by atomic mass is 32.1. The molecule has 3 heteroatoms. The van der Waals surface area contributed by atoms with Gasteiger partial charge in [0, 0.05) is 30.6 Å². The summed E-state index contributed by atoms with van der Waals surface area (Å²) in [5.41, 5.74) is 0.367. The van der Waals surface area contributed by atoms with E-state index in [4.69, 9.17) is 0 Å². The van der Waals surface area contributed by atoms with Crippen molar-refractivity contribution in [3.05, 3.63) is 22.4 Å². The fourth-order valence-corrected chi connectivity index (χ4v) is 3.47. The topological polar surface area (TPSA) is 15.3 Å². The average Bonchev–Trinajstić information content (AvgIpc) is 2.89. The molecule has 1 atom stereocenters. The van der Waals surface area contributed by atoms with Gasteiger partial charge < -0.3 is 5.32 Å². The minimum atomic E-state index is 0.367. The number of rotatable bonds is 10. The molecule has 1 unspecified atom stereocenters. The maximum atomic E-state index is 3.64. The maximum absolute atomic E-state index is 3.64. The third-order valence-corrected chi connectivity index (χ3v) is 4.66. The lowest BCUT2D eigenvalue weighted by Gasteiger charge is -2.36. The van der Waals surface area contributed by atoms with Crippen LogP contribution >= 0.6 is 11.3 Å². The van der Waals surface area contributed by atoms with Gasteiger partial charge in [-0.25, -0.2) is 0 Å². The summed E-state index contributed by atoms with van der Waals surface area (Å²) in [4.78, 5) is 4.06. The minimum Gasteiger partial charge on any atom is -0.314 e. The second kappa shape index (κ2) is 8.81. The first kappa shape index (κ1) is 17.7. The number of thiophene rings is 1. The van der Waals surface area contributed by atoms with Crippen LogP contribution in [0.1, 0.15) is 52.3 Å². The Balaban J connectivity index is 2.60. The number of nitrogens with zero attached hydrogens (tertiary/aromatic N) is 1. The van der Waals surface area contributed by atoms with Crippen molar-refractivity contribution in [2.24, 2.45) is 5.41 Å². The fraction of sp³-hybridized carbons (Fsp3) is 0.765. The van der Waals surface area contributed by atoms with Crippen LogP contribution in [0, 0.1) is 5.41 Å². The number of hydrogen-bond acceptors (Lipinski definition) is 3. The van der Waals surface area contributed by atoms with Crippen molar-refractivity contribution < 1.29 is 0 Å². The van der Waals surface area contributed by atoms with Crippen molar-refractivity contribution >= 4 is 11.3 Å². The van der Waals surface area contributed by atoms with E-state index < -0.39 is 0 Å². The molecule has 0 aliphatic rings. The molecule has 0 amide bonds. The summed E-state index contributed by atoms with van der Waals surface area (Å²) in [6.07, 6.45) is 2.54. The summed E-state index contributed by atoms with van der Waals surface area (Å²) >= 11 is 1.87. The van der Waals surface area contributed by atoms with E-state index in [9.17, 15) is 0 Å². The molecule has 1 aromatic heterocycles. The first-order chi connectivity index (χ1) is 9.49. The lowest BCUT2D eigenvalue weighted by atomic mass is 9.84. The van der Waals surface area contributed by atoms with Crippen LogP contribution in [0.4, 0.5) is 0 Å².